The molecular weight excluding hydrogens is 360 g/mol. The zero-order chi connectivity index (χ0) is 15.8. The normalized spacial score (nSPS) is 11.4. The molecule has 2 rings (SSSR count). The second-order valence-electron chi connectivity index (χ2n) is 4.55. The van der Waals surface area contributed by atoms with Gasteiger partial charge in [-0.05, 0) is 47.5 Å². The number of hydrogen-bond donors (Lipinski definition) is 3. The van der Waals surface area contributed by atoms with E-state index >= 15 is 0 Å². The van der Waals surface area contributed by atoms with Gasteiger partial charge in [-0.25, -0.2) is 13.2 Å². The standard InChI is InChI=1S/C13H13BrN2O4S/c1-7-3-4-11(9(14)5-7)21(19,20)16-10-6-15-8(2)12(10)13(17)18/h3-6,15-16H,1-2H3,(H,17,18). The zero-order valence-corrected chi connectivity index (χ0v) is 13.7. The number of benzene rings is 1. The minimum atomic E-state index is -3.88. The number of carboxylic acids is 1. The molecule has 0 saturated carbocycles. The van der Waals surface area contributed by atoms with Crippen molar-refractivity contribution in [3.05, 3.63) is 45.7 Å². The molecule has 2 aromatic rings. The third kappa shape index (κ3) is 3.11. The fourth-order valence-electron chi connectivity index (χ4n) is 1.91. The van der Waals surface area contributed by atoms with Crippen molar-refractivity contribution in [2.45, 2.75) is 18.7 Å². The van der Waals surface area contributed by atoms with Crippen molar-refractivity contribution in [2.75, 3.05) is 4.72 Å². The summed E-state index contributed by atoms with van der Waals surface area (Å²) >= 11 is 3.21. The summed E-state index contributed by atoms with van der Waals surface area (Å²) in [6.45, 7) is 3.40. The van der Waals surface area contributed by atoms with Gasteiger partial charge in [0.2, 0.25) is 0 Å². The highest BCUT2D eigenvalue weighted by Gasteiger charge is 2.23. The van der Waals surface area contributed by atoms with Crippen LogP contribution in [0.1, 0.15) is 21.6 Å². The predicted molar refractivity (Wildman–Crippen MR) is 82.2 cm³/mol. The minimum absolute atomic E-state index is 0.00692. The van der Waals surface area contributed by atoms with Crippen LogP contribution in [0.25, 0.3) is 0 Å². The first kappa shape index (κ1) is 15.6. The van der Waals surface area contributed by atoms with Crippen LogP contribution in [0.2, 0.25) is 0 Å². The zero-order valence-electron chi connectivity index (χ0n) is 11.3. The van der Waals surface area contributed by atoms with E-state index in [4.69, 9.17) is 5.11 Å². The Labute approximate surface area is 130 Å². The molecule has 0 radical (unpaired) electrons. The number of carbonyl (C=O) groups is 1. The average molecular weight is 373 g/mol. The Bertz CT molecular complexity index is 812. The lowest BCUT2D eigenvalue weighted by Crippen LogP contribution is -2.15. The second kappa shape index (κ2) is 5.53. The fraction of sp³-hybridized carbons (Fsp3) is 0.154. The molecule has 6 nitrogen and oxygen atoms in total. The first-order valence-electron chi connectivity index (χ1n) is 5.92. The van der Waals surface area contributed by atoms with E-state index in [9.17, 15) is 13.2 Å². The predicted octanol–water partition coefficient (Wildman–Crippen LogP) is 2.89. The molecule has 0 saturated heterocycles. The molecule has 112 valence electrons. The summed E-state index contributed by atoms with van der Waals surface area (Å²) in [6, 6.07) is 4.80. The summed E-state index contributed by atoms with van der Waals surface area (Å²) < 4.78 is 27.5. The van der Waals surface area contributed by atoms with Crippen molar-refractivity contribution < 1.29 is 18.3 Å². The van der Waals surface area contributed by atoms with Gasteiger partial charge in [0.15, 0.2) is 0 Å². The molecule has 0 bridgehead atoms. The van der Waals surface area contributed by atoms with Crippen LogP contribution in [-0.2, 0) is 10.0 Å². The van der Waals surface area contributed by atoms with Crippen molar-refractivity contribution in [1.82, 2.24) is 4.98 Å². The summed E-state index contributed by atoms with van der Waals surface area (Å²) in [5, 5.41) is 9.13. The number of hydrogen-bond acceptors (Lipinski definition) is 3. The Morgan fingerprint density at radius 3 is 2.57 bits per heavy atom. The molecule has 1 aromatic heterocycles. The number of aryl methyl sites for hydroxylation is 2. The highest BCUT2D eigenvalue weighted by atomic mass is 79.9. The molecule has 0 atom stereocenters. The maximum Gasteiger partial charge on any atom is 0.339 e. The van der Waals surface area contributed by atoms with Crippen LogP contribution in [0.5, 0.6) is 0 Å². The number of aromatic carboxylic acids is 1. The quantitative estimate of drug-likeness (QED) is 0.767. The molecule has 0 aliphatic carbocycles. The first-order valence-corrected chi connectivity index (χ1v) is 8.20. The van der Waals surface area contributed by atoms with Crippen LogP contribution in [0, 0.1) is 13.8 Å². The van der Waals surface area contributed by atoms with Gasteiger partial charge in [-0.3, -0.25) is 4.72 Å². The Hall–Kier alpha value is -1.80. The van der Waals surface area contributed by atoms with Crippen molar-refractivity contribution in [3.63, 3.8) is 0 Å². The van der Waals surface area contributed by atoms with Gasteiger partial charge in [0.1, 0.15) is 10.5 Å². The number of aromatic amines is 1. The molecule has 0 fully saturated rings. The van der Waals surface area contributed by atoms with Crippen molar-refractivity contribution >= 4 is 37.6 Å². The third-order valence-electron chi connectivity index (χ3n) is 2.91. The van der Waals surface area contributed by atoms with E-state index in [1.165, 1.54) is 12.3 Å². The molecule has 1 aromatic carbocycles. The number of rotatable bonds is 4. The molecule has 0 amide bonds. The highest BCUT2D eigenvalue weighted by molar-refractivity contribution is 9.10. The van der Waals surface area contributed by atoms with Gasteiger partial charge in [-0.1, -0.05) is 6.07 Å². The second-order valence-corrected chi connectivity index (χ2v) is 7.05. The van der Waals surface area contributed by atoms with Crippen LogP contribution >= 0.6 is 15.9 Å². The number of aromatic nitrogens is 1. The fourth-order valence-corrected chi connectivity index (χ4v) is 4.16. The lowest BCUT2D eigenvalue weighted by Gasteiger charge is -2.10. The van der Waals surface area contributed by atoms with Gasteiger partial charge in [-0.2, -0.15) is 0 Å². The summed E-state index contributed by atoms with van der Waals surface area (Å²) in [5.41, 5.74) is 1.20. The van der Waals surface area contributed by atoms with E-state index < -0.39 is 16.0 Å². The van der Waals surface area contributed by atoms with E-state index in [0.29, 0.717) is 10.2 Å². The molecule has 0 aliphatic heterocycles. The summed E-state index contributed by atoms with van der Waals surface area (Å²) in [6.07, 6.45) is 1.32. The summed E-state index contributed by atoms with van der Waals surface area (Å²) in [7, 11) is -3.88. The Morgan fingerprint density at radius 2 is 2.00 bits per heavy atom. The lowest BCUT2D eigenvalue weighted by atomic mass is 10.2. The van der Waals surface area contributed by atoms with Gasteiger partial charge >= 0.3 is 5.97 Å². The van der Waals surface area contributed by atoms with E-state index in [2.05, 4.69) is 25.6 Å². The molecule has 0 unspecified atom stereocenters. The molecule has 0 spiro atoms. The topological polar surface area (TPSA) is 99.3 Å². The van der Waals surface area contributed by atoms with Crippen LogP contribution in [0.15, 0.2) is 33.8 Å². The Morgan fingerprint density at radius 1 is 1.33 bits per heavy atom. The average Bonchev–Trinajstić information content (AvgIpc) is 2.68. The number of sulfonamides is 1. The van der Waals surface area contributed by atoms with Crippen LogP contribution in [-0.4, -0.2) is 24.5 Å². The van der Waals surface area contributed by atoms with Crippen molar-refractivity contribution in [3.8, 4) is 0 Å². The molecule has 21 heavy (non-hydrogen) atoms. The van der Waals surface area contributed by atoms with Crippen LogP contribution in [0.3, 0.4) is 0 Å². The van der Waals surface area contributed by atoms with E-state index in [0.717, 1.165) is 5.56 Å². The summed E-state index contributed by atoms with van der Waals surface area (Å²) in [5.74, 6) is -1.20. The monoisotopic (exact) mass is 372 g/mol. The summed E-state index contributed by atoms with van der Waals surface area (Å²) in [4.78, 5) is 13.9. The number of anilines is 1. The smallest absolute Gasteiger partial charge is 0.339 e. The third-order valence-corrected chi connectivity index (χ3v) is 5.25. The van der Waals surface area contributed by atoms with E-state index in [1.54, 1.807) is 19.1 Å². The van der Waals surface area contributed by atoms with Crippen molar-refractivity contribution in [2.24, 2.45) is 0 Å². The Kier molecular flexibility index (Phi) is 4.11. The van der Waals surface area contributed by atoms with Crippen LogP contribution < -0.4 is 4.72 Å². The number of carboxylic acid groups (broad SMARTS) is 1. The van der Waals surface area contributed by atoms with Crippen molar-refractivity contribution in [1.29, 1.82) is 0 Å². The SMILES string of the molecule is Cc1ccc(S(=O)(=O)Nc2c[nH]c(C)c2C(=O)O)c(Br)c1. The van der Waals surface area contributed by atoms with Gasteiger partial charge in [-0.15, -0.1) is 0 Å². The van der Waals surface area contributed by atoms with E-state index in [-0.39, 0.29) is 16.1 Å². The number of halogens is 1. The molecular formula is C13H13BrN2O4S. The largest absolute Gasteiger partial charge is 0.478 e. The van der Waals surface area contributed by atoms with Gasteiger partial charge in [0.25, 0.3) is 10.0 Å². The van der Waals surface area contributed by atoms with Gasteiger partial charge in [0.05, 0.1) is 5.69 Å². The molecule has 1 heterocycles. The Balaban J connectivity index is 2.45. The highest BCUT2D eigenvalue weighted by Crippen LogP contribution is 2.27. The minimum Gasteiger partial charge on any atom is -0.478 e. The molecule has 3 N–H and O–H groups in total. The first-order chi connectivity index (χ1) is 9.72. The van der Waals surface area contributed by atoms with Gasteiger partial charge < -0.3 is 10.1 Å². The maximum absolute atomic E-state index is 12.4. The maximum atomic E-state index is 12.4. The van der Waals surface area contributed by atoms with E-state index in [1.807, 2.05) is 6.92 Å². The number of H-pyrrole nitrogens is 1. The number of nitrogens with one attached hydrogen (secondary N) is 2. The molecule has 0 aliphatic rings. The lowest BCUT2D eigenvalue weighted by molar-refractivity contribution is 0.0697. The van der Waals surface area contributed by atoms with Crippen LogP contribution in [0.4, 0.5) is 5.69 Å². The molecule has 8 heteroatoms. The van der Waals surface area contributed by atoms with Gasteiger partial charge in [0, 0.05) is 16.4 Å².